The summed E-state index contributed by atoms with van der Waals surface area (Å²) in [7, 11) is -1.78. The van der Waals surface area contributed by atoms with Gasteiger partial charge < -0.3 is 4.43 Å². The van der Waals surface area contributed by atoms with Gasteiger partial charge in [0.15, 0.2) is 8.32 Å². The first kappa shape index (κ1) is 22.1. The van der Waals surface area contributed by atoms with Gasteiger partial charge in [0, 0.05) is 11.1 Å². The van der Waals surface area contributed by atoms with Gasteiger partial charge in [-0.2, -0.15) is 0 Å². The number of likely N-dealkylation sites (N-methyl/N-ethyl adjacent to an activating group) is 1. The van der Waals surface area contributed by atoms with Gasteiger partial charge in [0.05, 0.1) is 18.2 Å². The average Bonchev–Trinajstić information content (AvgIpc) is 2.58. The highest BCUT2D eigenvalue weighted by Gasteiger charge is 2.38. The van der Waals surface area contributed by atoms with Crippen LogP contribution in [-0.2, 0) is 4.43 Å². The van der Waals surface area contributed by atoms with Crippen molar-refractivity contribution in [2.75, 3.05) is 19.7 Å². The summed E-state index contributed by atoms with van der Waals surface area (Å²) in [6, 6.07) is 9.24. The molecule has 0 aliphatic rings. The van der Waals surface area contributed by atoms with E-state index in [9.17, 15) is 0 Å². The summed E-state index contributed by atoms with van der Waals surface area (Å²) in [5, 5.41) is 1.44. The van der Waals surface area contributed by atoms with Crippen molar-refractivity contribution >= 4 is 19.2 Å². The minimum atomic E-state index is -1.78. The Hall–Kier alpha value is -1.23. The minimum absolute atomic E-state index is 0.223. The first-order valence-electron chi connectivity index (χ1n) is 10.3. The third kappa shape index (κ3) is 4.98. The van der Waals surface area contributed by atoms with Crippen LogP contribution in [0, 0.1) is 13.8 Å². The Morgan fingerprint density at radius 2 is 1.70 bits per heavy atom. The quantitative estimate of drug-likeness (QED) is 0.525. The van der Waals surface area contributed by atoms with E-state index in [0.29, 0.717) is 0 Å². The second-order valence-electron chi connectivity index (χ2n) is 9.15. The average molecular weight is 387 g/mol. The maximum absolute atomic E-state index is 6.63. The number of hydrogen-bond acceptors (Lipinski definition) is 3. The van der Waals surface area contributed by atoms with Gasteiger partial charge in [-0.25, -0.2) is 0 Å². The van der Waals surface area contributed by atoms with E-state index in [1.807, 2.05) is 0 Å². The summed E-state index contributed by atoms with van der Waals surface area (Å²) in [5.41, 5.74) is 4.74. The Morgan fingerprint density at radius 1 is 1.07 bits per heavy atom. The molecule has 150 valence electrons. The van der Waals surface area contributed by atoms with Crippen molar-refractivity contribution in [1.29, 1.82) is 0 Å². The van der Waals surface area contributed by atoms with Crippen molar-refractivity contribution in [3.05, 3.63) is 41.1 Å². The van der Waals surface area contributed by atoms with Crippen molar-refractivity contribution < 1.29 is 4.43 Å². The van der Waals surface area contributed by atoms with Crippen LogP contribution in [0.2, 0.25) is 18.1 Å². The monoisotopic (exact) mass is 386 g/mol. The molecule has 0 aliphatic carbocycles. The van der Waals surface area contributed by atoms with E-state index >= 15 is 0 Å². The van der Waals surface area contributed by atoms with Crippen LogP contribution in [0.5, 0.6) is 0 Å². The van der Waals surface area contributed by atoms with Crippen molar-refractivity contribution in [3.63, 3.8) is 0 Å². The van der Waals surface area contributed by atoms with E-state index in [0.717, 1.165) is 30.9 Å². The first-order chi connectivity index (χ1) is 12.5. The third-order valence-electron chi connectivity index (χ3n) is 6.33. The third-order valence-corrected chi connectivity index (χ3v) is 10.8. The molecule has 0 amide bonds. The Labute approximate surface area is 167 Å². The molecular formula is C23H38N2OSi. The predicted octanol–water partition coefficient (Wildman–Crippen LogP) is 6.26. The molecule has 0 radical (unpaired) electrons. The predicted molar refractivity (Wildman–Crippen MR) is 120 cm³/mol. The standard InChI is InChI=1S/C23H38N2OSi/c1-10-25(11-2)22(16-26-27(8,9)23(5,6)7)20-13-12-19-14-17(3)18(4)24-21(19)15-20/h12-15,22H,10-11,16H2,1-9H3. The molecule has 0 saturated carbocycles. The van der Waals surface area contributed by atoms with Crippen LogP contribution in [-0.4, -0.2) is 37.9 Å². The zero-order valence-electron chi connectivity index (χ0n) is 18.8. The zero-order chi connectivity index (χ0) is 20.4. The van der Waals surface area contributed by atoms with Gasteiger partial charge in [0.2, 0.25) is 0 Å². The number of rotatable bonds is 7. The molecule has 1 aromatic carbocycles. The molecule has 27 heavy (non-hydrogen) atoms. The zero-order valence-corrected chi connectivity index (χ0v) is 19.8. The van der Waals surface area contributed by atoms with Crippen LogP contribution in [0.1, 0.15) is 57.5 Å². The molecule has 4 heteroatoms. The van der Waals surface area contributed by atoms with Crippen molar-refractivity contribution in [2.45, 2.75) is 72.6 Å². The second kappa shape index (κ2) is 8.42. The number of fused-ring (bicyclic) bond motifs is 1. The number of hydrogen-bond donors (Lipinski definition) is 0. The van der Waals surface area contributed by atoms with Crippen molar-refractivity contribution in [2.24, 2.45) is 0 Å². The molecule has 1 heterocycles. The van der Waals surface area contributed by atoms with Crippen molar-refractivity contribution in [3.8, 4) is 0 Å². The lowest BCUT2D eigenvalue weighted by Gasteiger charge is -2.39. The SMILES string of the molecule is CCN(CC)C(CO[Si](C)(C)C(C)(C)C)c1ccc2cc(C)c(C)nc2c1. The molecule has 0 N–H and O–H groups in total. The van der Waals surface area contributed by atoms with E-state index in [2.05, 4.69) is 90.7 Å². The highest BCUT2D eigenvalue weighted by Crippen LogP contribution is 2.37. The molecular weight excluding hydrogens is 348 g/mol. The van der Waals surface area contributed by atoms with Crippen molar-refractivity contribution in [1.82, 2.24) is 9.88 Å². The summed E-state index contributed by atoms with van der Waals surface area (Å²) < 4.78 is 6.63. The number of aryl methyl sites for hydroxylation is 2. The van der Waals surface area contributed by atoms with Crippen LogP contribution >= 0.6 is 0 Å². The summed E-state index contributed by atoms with van der Waals surface area (Å²) >= 11 is 0. The van der Waals surface area contributed by atoms with E-state index in [-0.39, 0.29) is 11.1 Å². The molecule has 1 aromatic heterocycles. The summed E-state index contributed by atoms with van der Waals surface area (Å²) in [6.45, 7) is 23.0. The first-order valence-corrected chi connectivity index (χ1v) is 13.2. The Balaban J connectivity index is 2.39. The lowest BCUT2D eigenvalue weighted by Crippen LogP contribution is -2.43. The van der Waals surface area contributed by atoms with Gasteiger partial charge in [-0.15, -0.1) is 0 Å². The topological polar surface area (TPSA) is 25.4 Å². The molecule has 0 bridgehead atoms. The van der Waals surface area contributed by atoms with E-state index in [1.165, 1.54) is 16.5 Å². The normalized spacial score (nSPS) is 14.1. The molecule has 2 rings (SSSR count). The van der Waals surface area contributed by atoms with E-state index in [1.54, 1.807) is 0 Å². The fraction of sp³-hybridized carbons (Fsp3) is 0.609. The molecule has 0 fully saturated rings. The molecule has 1 atom stereocenters. The highest BCUT2D eigenvalue weighted by molar-refractivity contribution is 6.74. The molecule has 0 spiro atoms. The van der Waals surface area contributed by atoms with Gasteiger partial charge in [-0.1, -0.05) is 46.8 Å². The molecule has 1 unspecified atom stereocenters. The number of benzene rings is 1. The van der Waals surface area contributed by atoms with Crippen LogP contribution < -0.4 is 0 Å². The lowest BCUT2D eigenvalue weighted by atomic mass is 10.0. The van der Waals surface area contributed by atoms with Crippen LogP contribution in [0.4, 0.5) is 0 Å². The van der Waals surface area contributed by atoms with Crippen LogP contribution in [0.15, 0.2) is 24.3 Å². The molecule has 0 saturated heterocycles. The largest absolute Gasteiger partial charge is 0.415 e. The maximum atomic E-state index is 6.63. The summed E-state index contributed by atoms with van der Waals surface area (Å²) in [5.74, 6) is 0. The Bertz CT molecular complexity index is 776. The smallest absolute Gasteiger partial charge is 0.192 e. The van der Waals surface area contributed by atoms with E-state index < -0.39 is 8.32 Å². The molecule has 3 nitrogen and oxygen atoms in total. The summed E-state index contributed by atoms with van der Waals surface area (Å²) in [6.07, 6.45) is 0. The van der Waals surface area contributed by atoms with Gasteiger partial charge in [-0.05, 0) is 68.3 Å². The molecule has 0 aliphatic heterocycles. The summed E-state index contributed by atoms with van der Waals surface area (Å²) in [4.78, 5) is 7.32. The van der Waals surface area contributed by atoms with Gasteiger partial charge in [0.25, 0.3) is 0 Å². The fourth-order valence-electron chi connectivity index (χ4n) is 3.17. The fourth-order valence-corrected chi connectivity index (χ4v) is 4.18. The van der Waals surface area contributed by atoms with Gasteiger partial charge in [-0.3, -0.25) is 9.88 Å². The highest BCUT2D eigenvalue weighted by atomic mass is 28.4. The maximum Gasteiger partial charge on any atom is 0.192 e. The van der Waals surface area contributed by atoms with Crippen LogP contribution in [0.25, 0.3) is 10.9 Å². The van der Waals surface area contributed by atoms with E-state index in [4.69, 9.17) is 9.41 Å². The van der Waals surface area contributed by atoms with Crippen LogP contribution in [0.3, 0.4) is 0 Å². The Kier molecular flexibility index (Phi) is 6.88. The number of aromatic nitrogens is 1. The second-order valence-corrected chi connectivity index (χ2v) is 14.0. The number of nitrogens with zero attached hydrogens (tertiary/aromatic N) is 2. The molecule has 2 aromatic rings. The lowest BCUT2D eigenvalue weighted by molar-refractivity contribution is 0.138. The van der Waals surface area contributed by atoms with Gasteiger partial charge in [0.1, 0.15) is 0 Å². The van der Waals surface area contributed by atoms with Gasteiger partial charge >= 0.3 is 0 Å². The Morgan fingerprint density at radius 3 is 2.26 bits per heavy atom. The number of pyridine rings is 1. The minimum Gasteiger partial charge on any atom is -0.415 e.